The molecule has 0 amide bonds. The molecule has 1 N–H and O–H groups in total. The molecule has 0 heterocycles. The molecular formula is C11H23NO. The van der Waals surface area contributed by atoms with Crippen molar-refractivity contribution < 1.29 is 4.74 Å². The first-order valence-electron chi connectivity index (χ1n) is 5.65. The summed E-state index contributed by atoms with van der Waals surface area (Å²) in [5.41, 5.74) is 0. The maximum atomic E-state index is 5.69. The van der Waals surface area contributed by atoms with Crippen molar-refractivity contribution in [2.75, 3.05) is 13.7 Å². The van der Waals surface area contributed by atoms with Gasteiger partial charge in [-0.2, -0.15) is 0 Å². The summed E-state index contributed by atoms with van der Waals surface area (Å²) >= 11 is 0. The van der Waals surface area contributed by atoms with Gasteiger partial charge in [0.2, 0.25) is 0 Å². The Bertz CT molecular complexity index is 119. The van der Waals surface area contributed by atoms with Gasteiger partial charge in [0.25, 0.3) is 0 Å². The highest BCUT2D eigenvalue weighted by molar-refractivity contribution is 4.69. The van der Waals surface area contributed by atoms with Crippen LogP contribution in [0.25, 0.3) is 0 Å². The minimum Gasteiger partial charge on any atom is -0.378 e. The molecule has 0 aromatic rings. The molecule has 78 valence electrons. The molecule has 1 rings (SSSR count). The molecule has 0 aromatic carbocycles. The Kier molecular flexibility index (Phi) is 5.40. The van der Waals surface area contributed by atoms with Crippen molar-refractivity contribution in [3.8, 4) is 0 Å². The molecule has 1 unspecified atom stereocenters. The largest absolute Gasteiger partial charge is 0.378 e. The van der Waals surface area contributed by atoms with E-state index >= 15 is 0 Å². The van der Waals surface area contributed by atoms with Crippen LogP contribution in [-0.4, -0.2) is 25.8 Å². The van der Waals surface area contributed by atoms with Crippen LogP contribution in [0.3, 0.4) is 0 Å². The Balaban J connectivity index is 1.87. The van der Waals surface area contributed by atoms with Gasteiger partial charge >= 0.3 is 0 Å². The monoisotopic (exact) mass is 185 g/mol. The van der Waals surface area contributed by atoms with Crippen molar-refractivity contribution in [2.45, 2.75) is 57.6 Å². The average Bonchev–Trinajstić information content (AvgIpc) is 2.08. The lowest BCUT2D eigenvalue weighted by Crippen LogP contribution is -2.26. The fourth-order valence-electron chi connectivity index (χ4n) is 1.67. The highest BCUT2D eigenvalue weighted by atomic mass is 16.5. The number of hydrogen-bond donors (Lipinski definition) is 1. The van der Waals surface area contributed by atoms with Crippen LogP contribution >= 0.6 is 0 Å². The standard InChI is InChI=1S/C11H23NO/c1-3-10(12-2)6-5-9-13-11-7-4-8-11/h10-12H,3-9H2,1-2H3. The summed E-state index contributed by atoms with van der Waals surface area (Å²) in [6.45, 7) is 3.19. The molecule has 1 atom stereocenters. The molecule has 2 heteroatoms. The summed E-state index contributed by atoms with van der Waals surface area (Å²) in [5, 5.41) is 3.31. The van der Waals surface area contributed by atoms with Crippen molar-refractivity contribution in [2.24, 2.45) is 0 Å². The zero-order valence-corrected chi connectivity index (χ0v) is 9.01. The van der Waals surface area contributed by atoms with E-state index in [1.165, 1.54) is 38.5 Å². The van der Waals surface area contributed by atoms with Crippen LogP contribution in [0.1, 0.15) is 45.4 Å². The molecule has 1 fully saturated rings. The zero-order chi connectivity index (χ0) is 9.52. The van der Waals surface area contributed by atoms with E-state index in [9.17, 15) is 0 Å². The third-order valence-corrected chi connectivity index (χ3v) is 3.00. The third kappa shape index (κ3) is 4.10. The number of rotatable bonds is 7. The minimum atomic E-state index is 0.606. The second-order valence-electron chi connectivity index (χ2n) is 3.96. The Labute approximate surface area is 82.0 Å². The van der Waals surface area contributed by atoms with Crippen LogP contribution in [0, 0.1) is 0 Å². The quantitative estimate of drug-likeness (QED) is 0.615. The third-order valence-electron chi connectivity index (χ3n) is 3.00. The lowest BCUT2D eigenvalue weighted by atomic mass is 9.96. The first-order chi connectivity index (χ1) is 6.36. The lowest BCUT2D eigenvalue weighted by Gasteiger charge is -2.25. The van der Waals surface area contributed by atoms with Gasteiger partial charge in [0.1, 0.15) is 0 Å². The molecule has 0 aromatic heterocycles. The van der Waals surface area contributed by atoms with Crippen molar-refractivity contribution in [1.82, 2.24) is 5.32 Å². The van der Waals surface area contributed by atoms with Gasteiger partial charge in [0.15, 0.2) is 0 Å². The summed E-state index contributed by atoms with van der Waals surface area (Å²) < 4.78 is 5.69. The minimum absolute atomic E-state index is 0.606. The van der Waals surface area contributed by atoms with E-state index in [0.717, 1.165) is 6.61 Å². The number of ether oxygens (including phenoxy) is 1. The van der Waals surface area contributed by atoms with E-state index in [2.05, 4.69) is 12.2 Å². The van der Waals surface area contributed by atoms with Gasteiger partial charge in [0, 0.05) is 12.6 Å². The Hall–Kier alpha value is -0.0800. The normalized spacial score (nSPS) is 19.8. The van der Waals surface area contributed by atoms with Gasteiger partial charge in [-0.15, -0.1) is 0 Å². The van der Waals surface area contributed by atoms with E-state index in [1.54, 1.807) is 0 Å². The lowest BCUT2D eigenvalue weighted by molar-refractivity contribution is 0.0000548. The zero-order valence-electron chi connectivity index (χ0n) is 9.01. The highest BCUT2D eigenvalue weighted by Crippen LogP contribution is 2.22. The summed E-state index contributed by atoms with van der Waals surface area (Å²) in [6.07, 6.45) is 8.25. The van der Waals surface area contributed by atoms with Gasteiger partial charge in [-0.3, -0.25) is 0 Å². The first kappa shape index (κ1) is 11.0. The molecule has 1 aliphatic rings. The van der Waals surface area contributed by atoms with Crippen LogP contribution in [0.2, 0.25) is 0 Å². The smallest absolute Gasteiger partial charge is 0.0575 e. The van der Waals surface area contributed by atoms with Crippen LogP contribution in [0.15, 0.2) is 0 Å². The molecule has 0 aliphatic heterocycles. The van der Waals surface area contributed by atoms with Gasteiger partial charge in [0.05, 0.1) is 6.10 Å². The van der Waals surface area contributed by atoms with E-state index in [-0.39, 0.29) is 0 Å². The first-order valence-corrected chi connectivity index (χ1v) is 5.65. The highest BCUT2D eigenvalue weighted by Gasteiger charge is 2.17. The SMILES string of the molecule is CCC(CCCOC1CCC1)NC. The Morgan fingerprint density at radius 2 is 2.23 bits per heavy atom. The molecule has 0 radical (unpaired) electrons. The maximum absolute atomic E-state index is 5.69. The van der Waals surface area contributed by atoms with Crippen LogP contribution < -0.4 is 5.32 Å². The van der Waals surface area contributed by atoms with Crippen LogP contribution in [-0.2, 0) is 4.74 Å². The van der Waals surface area contributed by atoms with E-state index in [1.807, 2.05) is 7.05 Å². The maximum Gasteiger partial charge on any atom is 0.0575 e. The molecule has 0 saturated heterocycles. The molecule has 0 spiro atoms. The van der Waals surface area contributed by atoms with Gasteiger partial charge in [-0.1, -0.05) is 6.92 Å². The molecular weight excluding hydrogens is 162 g/mol. The average molecular weight is 185 g/mol. The van der Waals surface area contributed by atoms with Gasteiger partial charge in [-0.25, -0.2) is 0 Å². The number of hydrogen-bond acceptors (Lipinski definition) is 2. The second-order valence-corrected chi connectivity index (χ2v) is 3.96. The second kappa shape index (κ2) is 6.39. The fourth-order valence-corrected chi connectivity index (χ4v) is 1.67. The summed E-state index contributed by atoms with van der Waals surface area (Å²) in [5.74, 6) is 0. The Morgan fingerprint density at radius 1 is 1.46 bits per heavy atom. The van der Waals surface area contributed by atoms with E-state index in [0.29, 0.717) is 12.1 Å². The summed E-state index contributed by atoms with van der Waals surface area (Å²) in [4.78, 5) is 0. The van der Waals surface area contributed by atoms with Gasteiger partial charge < -0.3 is 10.1 Å². The van der Waals surface area contributed by atoms with E-state index in [4.69, 9.17) is 4.74 Å². The fraction of sp³-hybridized carbons (Fsp3) is 1.00. The predicted molar refractivity (Wildman–Crippen MR) is 56.0 cm³/mol. The number of nitrogens with one attached hydrogen (secondary N) is 1. The van der Waals surface area contributed by atoms with Crippen LogP contribution in [0.5, 0.6) is 0 Å². The molecule has 0 bridgehead atoms. The molecule has 2 nitrogen and oxygen atoms in total. The Morgan fingerprint density at radius 3 is 2.69 bits per heavy atom. The predicted octanol–water partition coefficient (Wildman–Crippen LogP) is 2.33. The van der Waals surface area contributed by atoms with Crippen molar-refractivity contribution in [3.63, 3.8) is 0 Å². The topological polar surface area (TPSA) is 21.3 Å². The van der Waals surface area contributed by atoms with E-state index < -0.39 is 0 Å². The summed E-state index contributed by atoms with van der Waals surface area (Å²) in [7, 11) is 2.04. The van der Waals surface area contributed by atoms with Crippen LogP contribution in [0.4, 0.5) is 0 Å². The molecule has 1 saturated carbocycles. The van der Waals surface area contributed by atoms with Crippen molar-refractivity contribution >= 4 is 0 Å². The van der Waals surface area contributed by atoms with Crippen molar-refractivity contribution in [1.29, 1.82) is 0 Å². The summed E-state index contributed by atoms with van der Waals surface area (Å²) in [6, 6.07) is 0.685. The van der Waals surface area contributed by atoms with Gasteiger partial charge in [-0.05, 0) is 45.6 Å². The molecule has 13 heavy (non-hydrogen) atoms. The van der Waals surface area contributed by atoms with Crippen molar-refractivity contribution in [3.05, 3.63) is 0 Å². The molecule has 1 aliphatic carbocycles.